The van der Waals surface area contributed by atoms with Crippen LogP contribution in [0.3, 0.4) is 0 Å². The number of pyridine rings is 1. The van der Waals surface area contributed by atoms with Crippen LogP contribution in [0.5, 0.6) is 0 Å². The van der Waals surface area contributed by atoms with Crippen molar-refractivity contribution in [2.24, 2.45) is 5.92 Å². The summed E-state index contributed by atoms with van der Waals surface area (Å²) >= 11 is 0. The summed E-state index contributed by atoms with van der Waals surface area (Å²) in [7, 11) is 0. The predicted molar refractivity (Wildman–Crippen MR) is 94.2 cm³/mol. The third-order valence-electron chi connectivity index (χ3n) is 3.93. The lowest BCUT2D eigenvalue weighted by molar-refractivity contribution is 0.0943. The molecule has 1 unspecified atom stereocenters. The molecule has 0 aliphatic heterocycles. The summed E-state index contributed by atoms with van der Waals surface area (Å²) in [5.41, 5.74) is 1.99. The average molecular weight is 328 g/mol. The van der Waals surface area contributed by atoms with E-state index in [0.29, 0.717) is 19.5 Å². The topological polar surface area (TPSA) is 71.3 Å². The Hall–Kier alpha value is -2.40. The number of aromatic nitrogens is 1. The van der Waals surface area contributed by atoms with Crippen molar-refractivity contribution >= 4 is 5.91 Å². The second kappa shape index (κ2) is 8.45. The number of aliphatic hydroxyl groups excluding tert-OH is 1. The van der Waals surface area contributed by atoms with Gasteiger partial charge in [-0.25, -0.2) is 0 Å². The van der Waals surface area contributed by atoms with Crippen molar-refractivity contribution in [2.45, 2.75) is 26.8 Å². The summed E-state index contributed by atoms with van der Waals surface area (Å²) in [4.78, 5) is 24.8. The van der Waals surface area contributed by atoms with Gasteiger partial charge >= 0.3 is 0 Å². The molecule has 0 aliphatic carbocycles. The Kier molecular flexibility index (Phi) is 6.32. The van der Waals surface area contributed by atoms with E-state index in [9.17, 15) is 9.59 Å². The van der Waals surface area contributed by atoms with Crippen molar-refractivity contribution in [1.82, 2.24) is 9.88 Å². The molecule has 1 atom stereocenters. The maximum absolute atomic E-state index is 12.5. The number of hydrogen-bond acceptors (Lipinski definition) is 3. The molecule has 24 heavy (non-hydrogen) atoms. The van der Waals surface area contributed by atoms with Gasteiger partial charge in [-0.1, -0.05) is 36.8 Å². The zero-order valence-electron chi connectivity index (χ0n) is 14.2. The van der Waals surface area contributed by atoms with Gasteiger partial charge < -0.3 is 15.0 Å². The van der Waals surface area contributed by atoms with Crippen molar-refractivity contribution in [1.29, 1.82) is 0 Å². The molecule has 1 aromatic carbocycles. The first kappa shape index (κ1) is 17.9. The second-order valence-corrected chi connectivity index (χ2v) is 6.17. The van der Waals surface area contributed by atoms with Crippen molar-refractivity contribution < 1.29 is 9.90 Å². The first-order chi connectivity index (χ1) is 11.5. The SMILES string of the molecule is Cc1cccc(Cn2cccc(C(=O)NCC(C)CCO)c2=O)c1. The largest absolute Gasteiger partial charge is 0.396 e. The zero-order chi connectivity index (χ0) is 17.5. The van der Waals surface area contributed by atoms with E-state index in [2.05, 4.69) is 5.32 Å². The van der Waals surface area contributed by atoms with Crippen molar-refractivity contribution in [2.75, 3.05) is 13.2 Å². The lowest BCUT2D eigenvalue weighted by atomic mass is 10.1. The molecule has 5 nitrogen and oxygen atoms in total. The maximum atomic E-state index is 12.5. The number of amides is 1. The Morgan fingerprint density at radius 3 is 2.79 bits per heavy atom. The van der Waals surface area contributed by atoms with Gasteiger partial charge in [0.2, 0.25) is 0 Å². The van der Waals surface area contributed by atoms with Crippen molar-refractivity contribution in [3.05, 3.63) is 69.6 Å². The quantitative estimate of drug-likeness (QED) is 0.816. The number of hydrogen-bond donors (Lipinski definition) is 2. The van der Waals surface area contributed by atoms with Gasteiger partial charge in [0.25, 0.3) is 11.5 Å². The fourth-order valence-corrected chi connectivity index (χ4v) is 2.53. The minimum atomic E-state index is -0.372. The summed E-state index contributed by atoms with van der Waals surface area (Å²) < 4.78 is 1.54. The molecule has 1 amide bonds. The number of aryl methyl sites for hydroxylation is 1. The van der Waals surface area contributed by atoms with Gasteiger partial charge in [0.1, 0.15) is 5.56 Å². The minimum Gasteiger partial charge on any atom is -0.396 e. The van der Waals surface area contributed by atoms with Crippen LogP contribution < -0.4 is 10.9 Å². The van der Waals surface area contributed by atoms with Gasteiger partial charge in [0.05, 0.1) is 6.54 Å². The maximum Gasteiger partial charge on any atom is 0.263 e. The molecule has 1 heterocycles. The summed E-state index contributed by atoms with van der Waals surface area (Å²) in [6.45, 7) is 4.90. The van der Waals surface area contributed by atoms with Crippen LogP contribution in [0.15, 0.2) is 47.4 Å². The van der Waals surface area contributed by atoms with E-state index < -0.39 is 0 Å². The highest BCUT2D eigenvalue weighted by Gasteiger charge is 2.13. The van der Waals surface area contributed by atoms with Gasteiger partial charge in [0, 0.05) is 19.3 Å². The predicted octanol–water partition coefficient (Wildman–Crippen LogP) is 1.95. The summed E-state index contributed by atoms with van der Waals surface area (Å²) in [5, 5.41) is 11.7. The van der Waals surface area contributed by atoms with Crippen molar-refractivity contribution in [3.8, 4) is 0 Å². The standard InChI is InChI=1S/C19H24N2O3/c1-14-5-3-6-16(11-14)13-21-9-4-7-17(19(21)24)18(23)20-12-15(2)8-10-22/h3-7,9,11,15,22H,8,10,12-13H2,1-2H3,(H,20,23). The monoisotopic (exact) mass is 328 g/mol. The molecular weight excluding hydrogens is 304 g/mol. The highest BCUT2D eigenvalue weighted by molar-refractivity contribution is 5.93. The number of carbonyl (C=O) groups excluding carboxylic acids is 1. The third kappa shape index (κ3) is 4.80. The summed E-state index contributed by atoms with van der Waals surface area (Å²) in [6, 6.07) is 11.2. The minimum absolute atomic E-state index is 0.0890. The molecule has 2 rings (SSSR count). The molecule has 2 N–H and O–H groups in total. The highest BCUT2D eigenvalue weighted by atomic mass is 16.3. The number of carbonyl (C=O) groups is 1. The molecule has 2 aromatic rings. The molecule has 0 aliphatic rings. The van der Waals surface area contributed by atoms with E-state index in [-0.39, 0.29) is 29.6 Å². The van der Waals surface area contributed by atoms with E-state index in [0.717, 1.165) is 11.1 Å². The van der Waals surface area contributed by atoms with E-state index in [1.165, 1.54) is 0 Å². The number of rotatable bonds is 7. The molecule has 0 saturated carbocycles. The van der Waals surface area contributed by atoms with Gasteiger partial charge in [-0.15, -0.1) is 0 Å². The van der Waals surface area contributed by atoms with E-state index in [1.54, 1.807) is 22.9 Å². The van der Waals surface area contributed by atoms with Crippen molar-refractivity contribution in [3.63, 3.8) is 0 Å². The smallest absolute Gasteiger partial charge is 0.263 e. The Labute approximate surface area is 142 Å². The zero-order valence-corrected chi connectivity index (χ0v) is 14.2. The second-order valence-electron chi connectivity index (χ2n) is 6.17. The van der Waals surface area contributed by atoms with Crippen LogP contribution in [0.25, 0.3) is 0 Å². The van der Waals surface area contributed by atoms with E-state index in [4.69, 9.17) is 5.11 Å². The fourth-order valence-electron chi connectivity index (χ4n) is 2.53. The number of aliphatic hydroxyl groups is 1. The molecule has 0 radical (unpaired) electrons. The van der Waals surface area contributed by atoms with Gasteiger partial charge in [-0.3, -0.25) is 9.59 Å². The molecule has 128 valence electrons. The normalized spacial score (nSPS) is 12.0. The molecule has 0 fully saturated rings. The van der Waals surface area contributed by atoms with Crippen LogP contribution in [-0.4, -0.2) is 28.7 Å². The Bertz CT molecular complexity index is 752. The third-order valence-corrected chi connectivity index (χ3v) is 3.93. The van der Waals surface area contributed by atoms with Crippen LogP contribution in [0.4, 0.5) is 0 Å². The Morgan fingerprint density at radius 2 is 2.08 bits per heavy atom. The summed E-state index contributed by atoms with van der Waals surface area (Å²) in [6.07, 6.45) is 2.31. The van der Waals surface area contributed by atoms with Crippen LogP contribution in [-0.2, 0) is 6.54 Å². The molecule has 5 heteroatoms. The average Bonchev–Trinajstić information content (AvgIpc) is 2.55. The highest BCUT2D eigenvalue weighted by Crippen LogP contribution is 2.06. The summed E-state index contributed by atoms with van der Waals surface area (Å²) in [5.74, 6) is -0.208. The van der Waals surface area contributed by atoms with Crippen LogP contribution in [0.1, 0.15) is 34.8 Å². The molecule has 1 aromatic heterocycles. The Morgan fingerprint density at radius 1 is 1.29 bits per heavy atom. The number of benzene rings is 1. The molecular formula is C19H24N2O3. The van der Waals surface area contributed by atoms with Gasteiger partial charge in [0.15, 0.2) is 0 Å². The lowest BCUT2D eigenvalue weighted by Crippen LogP contribution is -2.35. The molecule has 0 saturated heterocycles. The first-order valence-corrected chi connectivity index (χ1v) is 8.15. The van der Waals surface area contributed by atoms with Gasteiger partial charge in [-0.2, -0.15) is 0 Å². The van der Waals surface area contributed by atoms with Crippen LogP contribution in [0, 0.1) is 12.8 Å². The Balaban J connectivity index is 2.12. The fraction of sp³-hybridized carbons (Fsp3) is 0.368. The van der Waals surface area contributed by atoms with Crippen LogP contribution in [0.2, 0.25) is 0 Å². The van der Waals surface area contributed by atoms with Crippen LogP contribution >= 0.6 is 0 Å². The molecule has 0 spiro atoms. The van der Waals surface area contributed by atoms with E-state index in [1.807, 2.05) is 38.1 Å². The number of nitrogens with zero attached hydrogens (tertiary/aromatic N) is 1. The molecule has 0 bridgehead atoms. The van der Waals surface area contributed by atoms with E-state index >= 15 is 0 Å². The van der Waals surface area contributed by atoms with Gasteiger partial charge in [-0.05, 0) is 37.0 Å². The lowest BCUT2D eigenvalue weighted by Gasteiger charge is -2.12. The first-order valence-electron chi connectivity index (χ1n) is 8.15. The number of nitrogens with one attached hydrogen (secondary N) is 1.